The zero-order valence-corrected chi connectivity index (χ0v) is 11.3. The molecule has 2 amide bonds. The van der Waals surface area contributed by atoms with Crippen molar-refractivity contribution in [1.29, 1.82) is 0 Å². The molecule has 2 N–H and O–H groups in total. The van der Waals surface area contributed by atoms with E-state index in [1.54, 1.807) is 18.2 Å². The summed E-state index contributed by atoms with van der Waals surface area (Å²) in [6.07, 6.45) is 0.742. The molecule has 0 radical (unpaired) electrons. The van der Waals surface area contributed by atoms with Gasteiger partial charge in [0.15, 0.2) is 0 Å². The summed E-state index contributed by atoms with van der Waals surface area (Å²) in [6, 6.07) is 6.38. The number of benzene rings is 1. The van der Waals surface area contributed by atoms with Gasteiger partial charge in [0.05, 0.1) is 11.3 Å². The van der Waals surface area contributed by atoms with Gasteiger partial charge in [-0.2, -0.15) is 0 Å². The fraction of sp³-hybridized carbons (Fsp3) is 0.357. The smallest absolute Gasteiger partial charge is 0.292 e. The Hall–Kier alpha value is -2.17. The maximum Gasteiger partial charge on any atom is 0.292 e. The van der Waals surface area contributed by atoms with E-state index in [2.05, 4.69) is 10.6 Å². The van der Waals surface area contributed by atoms with Crippen molar-refractivity contribution in [2.24, 2.45) is 0 Å². The van der Waals surface area contributed by atoms with E-state index in [0.29, 0.717) is 5.69 Å². The molecule has 0 aliphatic rings. The molecule has 0 aromatic heterocycles. The predicted molar refractivity (Wildman–Crippen MR) is 73.0 cm³/mol. The number of anilines is 1. The van der Waals surface area contributed by atoms with E-state index in [-0.39, 0.29) is 17.5 Å². The number of carbonyl (C=O) groups excluding carboxylic acids is 3. The maximum atomic E-state index is 12.0. The Morgan fingerprint density at radius 1 is 1.21 bits per heavy atom. The second-order valence-electron chi connectivity index (χ2n) is 4.34. The summed E-state index contributed by atoms with van der Waals surface area (Å²) in [5.74, 6) is -1.60. The summed E-state index contributed by atoms with van der Waals surface area (Å²) >= 11 is 0. The molecule has 5 heteroatoms. The number of ketones is 1. The van der Waals surface area contributed by atoms with Crippen molar-refractivity contribution in [2.45, 2.75) is 33.2 Å². The van der Waals surface area contributed by atoms with Crippen LogP contribution in [0.4, 0.5) is 5.69 Å². The molecule has 0 bridgehead atoms. The minimum Gasteiger partial charge on any atom is -0.347 e. The van der Waals surface area contributed by atoms with Crippen molar-refractivity contribution >= 4 is 23.3 Å². The number of carbonyl (C=O) groups is 3. The molecule has 0 aliphatic carbocycles. The largest absolute Gasteiger partial charge is 0.347 e. The number of para-hydroxylation sites is 1. The highest BCUT2D eigenvalue weighted by molar-refractivity contribution is 6.44. The lowest BCUT2D eigenvalue weighted by Gasteiger charge is -2.12. The zero-order chi connectivity index (χ0) is 14.4. The van der Waals surface area contributed by atoms with Crippen molar-refractivity contribution in [3.05, 3.63) is 29.8 Å². The summed E-state index contributed by atoms with van der Waals surface area (Å²) in [5.41, 5.74) is 0.540. The first kappa shape index (κ1) is 14.9. The molecule has 0 saturated heterocycles. The second kappa shape index (κ2) is 6.68. The molecule has 1 aromatic rings. The van der Waals surface area contributed by atoms with Crippen molar-refractivity contribution in [2.75, 3.05) is 5.32 Å². The molecule has 19 heavy (non-hydrogen) atoms. The van der Waals surface area contributed by atoms with E-state index in [0.717, 1.165) is 6.42 Å². The lowest BCUT2D eigenvalue weighted by molar-refractivity contribution is -0.117. The number of amides is 2. The molecule has 5 nitrogen and oxygen atoms in total. The third kappa shape index (κ3) is 4.21. The van der Waals surface area contributed by atoms with Gasteiger partial charge in [-0.05, 0) is 25.5 Å². The Bertz CT molecular complexity index is 497. The fourth-order valence-electron chi connectivity index (χ4n) is 1.49. The van der Waals surface area contributed by atoms with Crippen LogP contribution < -0.4 is 10.6 Å². The Morgan fingerprint density at radius 2 is 1.84 bits per heavy atom. The number of rotatable bonds is 5. The van der Waals surface area contributed by atoms with Crippen LogP contribution in [-0.2, 0) is 9.59 Å². The zero-order valence-electron chi connectivity index (χ0n) is 11.3. The molecule has 1 unspecified atom stereocenters. The molecule has 1 rings (SSSR count). The van der Waals surface area contributed by atoms with Crippen molar-refractivity contribution in [1.82, 2.24) is 5.32 Å². The van der Waals surface area contributed by atoms with Gasteiger partial charge in [-0.15, -0.1) is 0 Å². The first-order valence-corrected chi connectivity index (χ1v) is 6.17. The van der Waals surface area contributed by atoms with E-state index < -0.39 is 11.7 Å². The van der Waals surface area contributed by atoms with Gasteiger partial charge in [-0.3, -0.25) is 14.4 Å². The summed E-state index contributed by atoms with van der Waals surface area (Å²) < 4.78 is 0. The summed E-state index contributed by atoms with van der Waals surface area (Å²) in [4.78, 5) is 34.9. The average Bonchev–Trinajstić information content (AvgIpc) is 2.37. The van der Waals surface area contributed by atoms with E-state index in [9.17, 15) is 14.4 Å². The molecule has 0 saturated carbocycles. The van der Waals surface area contributed by atoms with E-state index in [1.807, 2.05) is 13.8 Å². The van der Waals surface area contributed by atoms with Crippen LogP contribution in [0.1, 0.15) is 37.6 Å². The van der Waals surface area contributed by atoms with Crippen LogP contribution >= 0.6 is 0 Å². The van der Waals surface area contributed by atoms with Crippen LogP contribution in [0.3, 0.4) is 0 Å². The van der Waals surface area contributed by atoms with Crippen LogP contribution in [0.15, 0.2) is 24.3 Å². The Balaban J connectivity index is 2.93. The van der Waals surface area contributed by atoms with Gasteiger partial charge in [-0.25, -0.2) is 0 Å². The Morgan fingerprint density at radius 3 is 2.42 bits per heavy atom. The number of hydrogen-bond donors (Lipinski definition) is 2. The molecule has 0 spiro atoms. The Kier molecular flexibility index (Phi) is 5.23. The average molecular weight is 262 g/mol. The molecule has 0 aliphatic heterocycles. The number of nitrogens with one attached hydrogen (secondary N) is 2. The molecule has 0 fully saturated rings. The van der Waals surface area contributed by atoms with Crippen molar-refractivity contribution in [3.8, 4) is 0 Å². The summed E-state index contributed by atoms with van der Waals surface area (Å²) in [6.45, 7) is 5.09. The lowest BCUT2D eigenvalue weighted by Crippen LogP contribution is -2.37. The van der Waals surface area contributed by atoms with Gasteiger partial charge in [0, 0.05) is 13.0 Å². The first-order valence-electron chi connectivity index (χ1n) is 6.17. The second-order valence-corrected chi connectivity index (χ2v) is 4.34. The molecule has 1 aromatic carbocycles. The van der Waals surface area contributed by atoms with E-state index in [1.165, 1.54) is 13.0 Å². The summed E-state index contributed by atoms with van der Waals surface area (Å²) in [5, 5.41) is 5.14. The van der Waals surface area contributed by atoms with Crippen LogP contribution in [0.2, 0.25) is 0 Å². The molecule has 1 atom stereocenters. The van der Waals surface area contributed by atoms with Gasteiger partial charge >= 0.3 is 0 Å². The van der Waals surface area contributed by atoms with Gasteiger partial charge in [0.2, 0.25) is 5.91 Å². The molecular formula is C14H18N2O3. The van der Waals surface area contributed by atoms with Gasteiger partial charge in [-0.1, -0.05) is 19.1 Å². The van der Waals surface area contributed by atoms with Gasteiger partial charge < -0.3 is 10.6 Å². The predicted octanol–water partition coefficient (Wildman–Crippen LogP) is 1.74. The quantitative estimate of drug-likeness (QED) is 0.627. The molecule has 102 valence electrons. The highest BCUT2D eigenvalue weighted by Gasteiger charge is 2.20. The maximum absolute atomic E-state index is 12.0. The SMILES string of the molecule is CCC(C)NC(=O)C(=O)c1ccccc1NC(C)=O. The standard InChI is InChI=1S/C14H18N2O3/c1-4-9(2)15-14(19)13(18)11-7-5-6-8-12(11)16-10(3)17/h5-9H,4H2,1-3H3,(H,15,19)(H,16,17). The van der Waals surface area contributed by atoms with Gasteiger partial charge in [0.25, 0.3) is 11.7 Å². The summed E-state index contributed by atoms with van der Waals surface area (Å²) in [7, 11) is 0. The Labute approximate surface area is 112 Å². The van der Waals surface area contributed by atoms with E-state index in [4.69, 9.17) is 0 Å². The highest BCUT2D eigenvalue weighted by atomic mass is 16.2. The first-order chi connectivity index (χ1) is 8.95. The number of hydrogen-bond acceptors (Lipinski definition) is 3. The lowest BCUT2D eigenvalue weighted by atomic mass is 10.1. The molecular weight excluding hydrogens is 244 g/mol. The number of Topliss-reactive ketones (excluding diaryl/α,β-unsaturated/α-hetero) is 1. The molecule has 0 heterocycles. The van der Waals surface area contributed by atoms with Crippen LogP contribution in [-0.4, -0.2) is 23.6 Å². The highest BCUT2D eigenvalue weighted by Crippen LogP contribution is 2.15. The van der Waals surface area contributed by atoms with Crippen LogP contribution in [0.5, 0.6) is 0 Å². The van der Waals surface area contributed by atoms with Gasteiger partial charge in [0.1, 0.15) is 0 Å². The normalized spacial score (nSPS) is 11.5. The fourth-order valence-corrected chi connectivity index (χ4v) is 1.49. The van der Waals surface area contributed by atoms with E-state index >= 15 is 0 Å². The van der Waals surface area contributed by atoms with Crippen molar-refractivity contribution in [3.63, 3.8) is 0 Å². The third-order valence-corrected chi connectivity index (χ3v) is 2.68. The minimum absolute atomic E-state index is 0.0654. The van der Waals surface area contributed by atoms with Crippen LogP contribution in [0.25, 0.3) is 0 Å². The minimum atomic E-state index is -0.660. The third-order valence-electron chi connectivity index (χ3n) is 2.68. The van der Waals surface area contributed by atoms with Crippen LogP contribution in [0, 0.1) is 0 Å². The topological polar surface area (TPSA) is 75.3 Å². The monoisotopic (exact) mass is 262 g/mol. The van der Waals surface area contributed by atoms with Crippen molar-refractivity contribution < 1.29 is 14.4 Å².